The SMILES string of the molecule is CCOC(=O)c1cccc(NC(=O)c2ccc3nc(Cc4ccccc4)oc3c2)c1. The minimum absolute atomic E-state index is 0.291. The van der Waals surface area contributed by atoms with Gasteiger partial charge in [-0.2, -0.15) is 0 Å². The van der Waals surface area contributed by atoms with Gasteiger partial charge in [0.2, 0.25) is 0 Å². The number of ether oxygens (including phenoxy) is 1. The number of oxazole rings is 1. The van der Waals surface area contributed by atoms with Crippen LogP contribution in [0.15, 0.2) is 77.2 Å². The summed E-state index contributed by atoms with van der Waals surface area (Å²) < 4.78 is 10.8. The van der Waals surface area contributed by atoms with Crippen LogP contribution in [0.1, 0.15) is 39.1 Å². The number of nitrogens with one attached hydrogen (secondary N) is 1. The largest absolute Gasteiger partial charge is 0.462 e. The lowest BCUT2D eigenvalue weighted by Crippen LogP contribution is -2.12. The van der Waals surface area contributed by atoms with Crippen LogP contribution in [0, 0.1) is 0 Å². The Morgan fingerprint density at radius 3 is 2.60 bits per heavy atom. The van der Waals surface area contributed by atoms with Crippen molar-refractivity contribution in [3.05, 3.63) is 95.4 Å². The Hall–Kier alpha value is -3.93. The van der Waals surface area contributed by atoms with Gasteiger partial charge in [-0.3, -0.25) is 4.79 Å². The molecule has 3 aromatic carbocycles. The first-order chi connectivity index (χ1) is 14.6. The van der Waals surface area contributed by atoms with E-state index in [0.29, 0.717) is 46.8 Å². The van der Waals surface area contributed by atoms with Crippen molar-refractivity contribution in [1.29, 1.82) is 0 Å². The van der Waals surface area contributed by atoms with Crippen molar-refractivity contribution in [3.8, 4) is 0 Å². The van der Waals surface area contributed by atoms with Crippen LogP contribution in [-0.2, 0) is 11.2 Å². The quantitative estimate of drug-likeness (QED) is 0.468. The minimum Gasteiger partial charge on any atom is -0.462 e. The number of hydrogen-bond donors (Lipinski definition) is 1. The maximum Gasteiger partial charge on any atom is 0.338 e. The molecule has 0 unspecified atom stereocenters. The van der Waals surface area contributed by atoms with Crippen LogP contribution >= 0.6 is 0 Å². The van der Waals surface area contributed by atoms with E-state index >= 15 is 0 Å². The normalized spacial score (nSPS) is 10.7. The van der Waals surface area contributed by atoms with Gasteiger partial charge in [0.05, 0.1) is 12.2 Å². The zero-order valence-corrected chi connectivity index (χ0v) is 16.4. The van der Waals surface area contributed by atoms with Gasteiger partial charge >= 0.3 is 5.97 Å². The first-order valence-electron chi connectivity index (χ1n) is 9.64. The van der Waals surface area contributed by atoms with E-state index in [0.717, 1.165) is 5.56 Å². The third-order valence-electron chi connectivity index (χ3n) is 4.52. The van der Waals surface area contributed by atoms with Crippen LogP contribution in [0.5, 0.6) is 0 Å². The highest BCUT2D eigenvalue weighted by Crippen LogP contribution is 2.20. The van der Waals surface area contributed by atoms with Gasteiger partial charge in [-0.05, 0) is 48.9 Å². The Bertz CT molecular complexity index is 1200. The molecule has 4 aromatic rings. The highest BCUT2D eigenvalue weighted by Gasteiger charge is 2.13. The standard InChI is InChI=1S/C24H20N2O4/c1-2-29-24(28)18-9-6-10-19(14-18)25-23(27)17-11-12-20-21(15-17)30-22(26-20)13-16-7-4-3-5-8-16/h3-12,14-15H,2,13H2,1H3,(H,25,27). The van der Waals surface area contributed by atoms with Crippen LogP contribution in [0.25, 0.3) is 11.1 Å². The van der Waals surface area contributed by atoms with Gasteiger partial charge in [0, 0.05) is 17.7 Å². The smallest absolute Gasteiger partial charge is 0.338 e. The van der Waals surface area contributed by atoms with Crippen molar-refractivity contribution in [3.63, 3.8) is 0 Å². The highest BCUT2D eigenvalue weighted by atomic mass is 16.5. The Labute approximate surface area is 173 Å². The van der Waals surface area contributed by atoms with Crippen molar-refractivity contribution in [2.45, 2.75) is 13.3 Å². The molecule has 1 aromatic heterocycles. The summed E-state index contributed by atoms with van der Waals surface area (Å²) in [4.78, 5) is 29.0. The van der Waals surface area contributed by atoms with Gasteiger partial charge in [0.25, 0.3) is 5.91 Å². The zero-order valence-electron chi connectivity index (χ0n) is 16.4. The van der Waals surface area contributed by atoms with Crippen molar-refractivity contribution in [1.82, 2.24) is 4.98 Å². The van der Waals surface area contributed by atoms with Crippen molar-refractivity contribution in [2.75, 3.05) is 11.9 Å². The first kappa shape index (κ1) is 19.4. The number of fused-ring (bicyclic) bond motifs is 1. The minimum atomic E-state index is -0.428. The fourth-order valence-electron chi connectivity index (χ4n) is 3.10. The molecule has 0 radical (unpaired) electrons. The Balaban J connectivity index is 1.51. The van der Waals surface area contributed by atoms with E-state index < -0.39 is 5.97 Å². The molecule has 0 bridgehead atoms. The lowest BCUT2D eigenvalue weighted by atomic mass is 10.1. The second-order valence-electron chi connectivity index (χ2n) is 6.71. The van der Waals surface area contributed by atoms with E-state index in [-0.39, 0.29) is 5.91 Å². The second kappa shape index (κ2) is 8.61. The fourth-order valence-corrected chi connectivity index (χ4v) is 3.10. The lowest BCUT2D eigenvalue weighted by Gasteiger charge is -2.07. The molecule has 1 N–H and O–H groups in total. The maximum atomic E-state index is 12.7. The number of nitrogens with zero attached hydrogens (tertiary/aromatic N) is 1. The van der Waals surface area contributed by atoms with Crippen molar-refractivity contribution >= 4 is 28.7 Å². The summed E-state index contributed by atoms with van der Waals surface area (Å²) in [5.74, 6) is -0.141. The van der Waals surface area contributed by atoms with Gasteiger partial charge in [-0.25, -0.2) is 9.78 Å². The van der Waals surface area contributed by atoms with E-state index in [9.17, 15) is 9.59 Å². The summed E-state index contributed by atoms with van der Waals surface area (Å²) >= 11 is 0. The molecule has 0 aliphatic heterocycles. The summed E-state index contributed by atoms with van der Waals surface area (Å²) in [5.41, 5.74) is 3.67. The second-order valence-corrected chi connectivity index (χ2v) is 6.71. The number of rotatable bonds is 6. The van der Waals surface area contributed by atoms with Crippen LogP contribution in [-0.4, -0.2) is 23.5 Å². The lowest BCUT2D eigenvalue weighted by molar-refractivity contribution is 0.0526. The molecule has 0 spiro atoms. The molecule has 0 aliphatic carbocycles. The number of anilines is 1. The summed E-state index contributed by atoms with van der Waals surface area (Å²) in [7, 11) is 0. The van der Waals surface area contributed by atoms with Gasteiger partial charge in [-0.1, -0.05) is 36.4 Å². The van der Waals surface area contributed by atoms with Crippen LogP contribution < -0.4 is 5.32 Å². The molecule has 6 heteroatoms. The van der Waals surface area contributed by atoms with Gasteiger partial charge in [0.15, 0.2) is 11.5 Å². The molecule has 1 amide bonds. The molecular weight excluding hydrogens is 380 g/mol. The Morgan fingerprint density at radius 2 is 1.80 bits per heavy atom. The number of esters is 1. The molecule has 30 heavy (non-hydrogen) atoms. The molecule has 4 rings (SSSR count). The predicted molar refractivity (Wildman–Crippen MR) is 114 cm³/mol. The molecule has 6 nitrogen and oxygen atoms in total. The van der Waals surface area contributed by atoms with Gasteiger partial charge in [0.1, 0.15) is 5.52 Å². The van der Waals surface area contributed by atoms with Crippen molar-refractivity contribution < 1.29 is 18.7 Å². The Kier molecular flexibility index (Phi) is 5.57. The third-order valence-corrected chi connectivity index (χ3v) is 4.52. The van der Waals surface area contributed by atoms with E-state index in [4.69, 9.17) is 9.15 Å². The number of aromatic nitrogens is 1. The summed E-state index contributed by atoms with van der Waals surface area (Å²) in [6.45, 7) is 2.04. The number of amides is 1. The van der Waals surface area contributed by atoms with Crippen LogP contribution in [0.3, 0.4) is 0 Å². The molecule has 0 atom stereocenters. The summed E-state index contributed by atoms with van der Waals surface area (Å²) in [6.07, 6.45) is 0.581. The van der Waals surface area contributed by atoms with Gasteiger partial charge in [-0.15, -0.1) is 0 Å². The Morgan fingerprint density at radius 1 is 0.967 bits per heavy atom. The van der Waals surface area contributed by atoms with Crippen LogP contribution in [0.2, 0.25) is 0 Å². The van der Waals surface area contributed by atoms with E-state index in [1.807, 2.05) is 30.3 Å². The average Bonchev–Trinajstić information content (AvgIpc) is 3.16. The van der Waals surface area contributed by atoms with E-state index in [2.05, 4.69) is 10.3 Å². The molecule has 0 saturated carbocycles. The summed E-state index contributed by atoms with van der Waals surface area (Å²) in [5, 5.41) is 2.80. The summed E-state index contributed by atoms with van der Waals surface area (Å²) in [6, 6.07) is 21.7. The van der Waals surface area contributed by atoms with Gasteiger partial charge < -0.3 is 14.5 Å². The van der Waals surface area contributed by atoms with Crippen LogP contribution in [0.4, 0.5) is 5.69 Å². The fraction of sp³-hybridized carbons (Fsp3) is 0.125. The first-order valence-corrected chi connectivity index (χ1v) is 9.64. The number of carbonyl (C=O) groups excluding carboxylic acids is 2. The molecule has 1 heterocycles. The van der Waals surface area contributed by atoms with Crippen molar-refractivity contribution in [2.24, 2.45) is 0 Å². The molecule has 0 fully saturated rings. The monoisotopic (exact) mass is 400 g/mol. The molecule has 150 valence electrons. The third kappa shape index (κ3) is 4.38. The maximum absolute atomic E-state index is 12.7. The molecule has 0 saturated heterocycles. The topological polar surface area (TPSA) is 81.4 Å². The molecule has 0 aliphatic rings. The highest BCUT2D eigenvalue weighted by molar-refractivity contribution is 6.06. The number of benzene rings is 3. The molecular formula is C24H20N2O4. The van der Waals surface area contributed by atoms with E-state index in [1.165, 1.54) is 0 Å². The average molecular weight is 400 g/mol. The van der Waals surface area contributed by atoms with E-state index in [1.54, 1.807) is 49.4 Å². The zero-order chi connectivity index (χ0) is 20.9. The number of hydrogen-bond acceptors (Lipinski definition) is 5. The predicted octanol–water partition coefficient (Wildman–Crippen LogP) is 4.85. The number of carbonyl (C=O) groups is 2.